The summed E-state index contributed by atoms with van der Waals surface area (Å²) in [5.41, 5.74) is -0.0720. The molecule has 2 heteroatoms. The predicted molar refractivity (Wildman–Crippen MR) is 52.5 cm³/mol. The van der Waals surface area contributed by atoms with Crippen molar-refractivity contribution in [2.24, 2.45) is 5.92 Å². The predicted octanol–water partition coefficient (Wildman–Crippen LogP) is 2.66. The molecule has 2 rings (SSSR count). The van der Waals surface area contributed by atoms with Gasteiger partial charge in [0, 0.05) is 5.54 Å². The summed E-state index contributed by atoms with van der Waals surface area (Å²) in [6.07, 6.45) is 8.99. The zero-order valence-electron chi connectivity index (χ0n) is 8.32. The Morgan fingerprint density at radius 2 is 1.85 bits per heavy atom. The summed E-state index contributed by atoms with van der Waals surface area (Å²) in [6, 6.07) is 0. The average molecular weight is 185 g/mol. The van der Waals surface area contributed by atoms with Crippen molar-refractivity contribution in [3.05, 3.63) is 0 Å². The van der Waals surface area contributed by atoms with Gasteiger partial charge in [0.05, 0.1) is 0 Å². The van der Waals surface area contributed by atoms with E-state index in [1.54, 1.807) is 0 Å². The Labute approximate surface area is 80.1 Å². The average Bonchev–Trinajstić information content (AvgIpc) is 2.97. The van der Waals surface area contributed by atoms with E-state index < -0.39 is 0 Å². The lowest BCUT2D eigenvalue weighted by atomic mass is 9.89. The molecule has 0 heterocycles. The molecule has 0 amide bonds. The lowest BCUT2D eigenvalue weighted by molar-refractivity contribution is 0.294. The second-order valence-corrected chi connectivity index (χ2v) is 4.80. The molecule has 0 aromatic carbocycles. The van der Waals surface area contributed by atoms with Crippen LogP contribution in [0.4, 0.5) is 4.39 Å². The monoisotopic (exact) mass is 185 g/mol. The van der Waals surface area contributed by atoms with E-state index in [1.807, 2.05) is 0 Å². The summed E-state index contributed by atoms with van der Waals surface area (Å²) in [7, 11) is 0. The number of halogens is 1. The van der Waals surface area contributed by atoms with Gasteiger partial charge >= 0.3 is 0 Å². The zero-order valence-corrected chi connectivity index (χ0v) is 8.32. The minimum Gasteiger partial charge on any atom is -0.309 e. The van der Waals surface area contributed by atoms with Crippen LogP contribution < -0.4 is 5.32 Å². The molecule has 0 unspecified atom stereocenters. The lowest BCUT2D eigenvalue weighted by Gasteiger charge is -2.24. The van der Waals surface area contributed by atoms with E-state index in [0.29, 0.717) is 0 Å². The number of hydrogen-bond donors (Lipinski definition) is 1. The highest BCUT2D eigenvalue weighted by molar-refractivity contribution is 5.01. The van der Waals surface area contributed by atoms with Gasteiger partial charge in [-0.3, -0.25) is 0 Å². The molecular weight excluding hydrogens is 165 g/mol. The Hall–Kier alpha value is -0.110. The van der Waals surface area contributed by atoms with E-state index in [1.165, 1.54) is 32.1 Å². The minimum absolute atomic E-state index is 0.0720. The standard InChI is InChI=1S/C11H20FN/c12-9-11(6-7-11)13-8-10-4-2-1-3-5-10/h10,13H,1-9H2. The summed E-state index contributed by atoms with van der Waals surface area (Å²) in [4.78, 5) is 0. The maximum Gasteiger partial charge on any atom is 0.108 e. The summed E-state index contributed by atoms with van der Waals surface area (Å²) in [5, 5.41) is 3.41. The van der Waals surface area contributed by atoms with Gasteiger partial charge in [0.1, 0.15) is 6.67 Å². The summed E-state index contributed by atoms with van der Waals surface area (Å²) >= 11 is 0. The van der Waals surface area contributed by atoms with Crippen LogP contribution in [0.1, 0.15) is 44.9 Å². The third kappa shape index (κ3) is 2.43. The van der Waals surface area contributed by atoms with Crippen LogP contribution in [0.2, 0.25) is 0 Å². The molecule has 76 valence electrons. The molecule has 0 saturated heterocycles. The lowest BCUT2D eigenvalue weighted by Crippen LogP contribution is -2.37. The summed E-state index contributed by atoms with van der Waals surface area (Å²) in [5.74, 6) is 0.831. The van der Waals surface area contributed by atoms with Gasteiger partial charge in [0.25, 0.3) is 0 Å². The molecule has 2 aliphatic carbocycles. The second kappa shape index (κ2) is 3.95. The van der Waals surface area contributed by atoms with Crippen molar-refractivity contribution in [2.45, 2.75) is 50.5 Å². The van der Waals surface area contributed by atoms with Crippen molar-refractivity contribution in [2.75, 3.05) is 13.2 Å². The van der Waals surface area contributed by atoms with Crippen LogP contribution in [0.5, 0.6) is 0 Å². The Kier molecular flexibility index (Phi) is 2.87. The third-order valence-electron chi connectivity index (χ3n) is 3.60. The molecule has 2 saturated carbocycles. The molecule has 0 bridgehead atoms. The fourth-order valence-electron chi connectivity index (χ4n) is 2.26. The van der Waals surface area contributed by atoms with Crippen LogP contribution >= 0.6 is 0 Å². The number of rotatable bonds is 4. The fourth-order valence-corrected chi connectivity index (χ4v) is 2.26. The van der Waals surface area contributed by atoms with Crippen molar-refractivity contribution in [1.29, 1.82) is 0 Å². The second-order valence-electron chi connectivity index (χ2n) is 4.80. The third-order valence-corrected chi connectivity index (χ3v) is 3.60. The maximum atomic E-state index is 12.5. The fraction of sp³-hybridized carbons (Fsp3) is 1.00. The van der Waals surface area contributed by atoms with Crippen molar-refractivity contribution in [1.82, 2.24) is 5.32 Å². The number of alkyl halides is 1. The van der Waals surface area contributed by atoms with E-state index in [4.69, 9.17) is 0 Å². The Balaban J connectivity index is 1.66. The van der Waals surface area contributed by atoms with Crippen molar-refractivity contribution >= 4 is 0 Å². The van der Waals surface area contributed by atoms with E-state index in [0.717, 1.165) is 25.3 Å². The van der Waals surface area contributed by atoms with Crippen LogP contribution in [-0.2, 0) is 0 Å². The highest BCUT2D eigenvalue weighted by atomic mass is 19.1. The normalized spacial score (nSPS) is 27.5. The van der Waals surface area contributed by atoms with Crippen molar-refractivity contribution < 1.29 is 4.39 Å². The topological polar surface area (TPSA) is 12.0 Å². The number of nitrogens with one attached hydrogen (secondary N) is 1. The highest BCUT2D eigenvalue weighted by Crippen LogP contribution is 2.36. The zero-order chi connectivity index (χ0) is 9.15. The van der Waals surface area contributed by atoms with Gasteiger partial charge in [-0.1, -0.05) is 19.3 Å². The molecule has 0 spiro atoms. The Morgan fingerprint density at radius 3 is 2.38 bits per heavy atom. The molecule has 2 aliphatic rings. The van der Waals surface area contributed by atoms with Gasteiger partial charge in [-0.2, -0.15) is 0 Å². The first-order valence-corrected chi connectivity index (χ1v) is 5.66. The van der Waals surface area contributed by atoms with Crippen LogP contribution in [0.15, 0.2) is 0 Å². The van der Waals surface area contributed by atoms with E-state index in [9.17, 15) is 4.39 Å². The first-order chi connectivity index (χ1) is 6.35. The maximum absolute atomic E-state index is 12.5. The van der Waals surface area contributed by atoms with Gasteiger partial charge in [-0.15, -0.1) is 0 Å². The molecule has 0 aromatic rings. The molecule has 1 N–H and O–H groups in total. The largest absolute Gasteiger partial charge is 0.309 e. The van der Waals surface area contributed by atoms with Crippen molar-refractivity contribution in [3.8, 4) is 0 Å². The molecule has 2 fully saturated rings. The molecule has 0 aliphatic heterocycles. The first kappa shape index (κ1) is 9.45. The van der Waals surface area contributed by atoms with Gasteiger partial charge in [0.15, 0.2) is 0 Å². The van der Waals surface area contributed by atoms with E-state index >= 15 is 0 Å². The highest BCUT2D eigenvalue weighted by Gasteiger charge is 2.42. The molecule has 1 nitrogen and oxygen atoms in total. The van der Waals surface area contributed by atoms with Gasteiger partial charge in [0.2, 0.25) is 0 Å². The number of hydrogen-bond acceptors (Lipinski definition) is 1. The van der Waals surface area contributed by atoms with Crippen LogP contribution in [-0.4, -0.2) is 18.8 Å². The SMILES string of the molecule is FCC1(NCC2CCCCC2)CC1. The van der Waals surface area contributed by atoms with Gasteiger partial charge in [-0.05, 0) is 38.1 Å². The molecule has 0 atom stereocenters. The van der Waals surface area contributed by atoms with E-state index in [2.05, 4.69) is 5.32 Å². The first-order valence-electron chi connectivity index (χ1n) is 5.66. The van der Waals surface area contributed by atoms with E-state index in [-0.39, 0.29) is 12.2 Å². The Bertz CT molecular complexity index is 159. The van der Waals surface area contributed by atoms with Crippen LogP contribution in [0, 0.1) is 5.92 Å². The summed E-state index contributed by atoms with van der Waals surface area (Å²) in [6.45, 7) is 0.892. The molecule has 0 aromatic heterocycles. The van der Waals surface area contributed by atoms with Crippen LogP contribution in [0.25, 0.3) is 0 Å². The summed E-state index contributed by atoms with van der Waals surface area (Å²) < 4.78 is 12.5. The van der Waals surface area contributed by atoms with Crippen molar-refractivity contribution in [3.63, 3.8) is 0 Å². The quantitative estimate of drug-likeness (QED) is 0.710. The minimum atomic E-state index is -0.167. The van der Waals surface area contributed by atoms with Crippen LogP contribution in [0.3, 0.4) is 0 Å². The van der Waals surface area contributed by atoms with Gasteiger partial charge in [-0.25, -0.2) is 4.39 Å². The molecule has 13 heavy (non-hydrogen) atoms. The van der Waals surface area contributed by atoms with Gasteiger partial charge < -0.3 is 5.32 Å². The molecular formula is C11H20FN. The molecule has 0 radical (unpaired) electrons. The smallest absolute Gasteiger partial charge is 0.108 e. The Morgan fingerprint density at radius 1 is 1.15 bits per heavy atom.